The molecule has 2 aromatic rings. The number of carbonyl (C=O) groups excluding carboxylic acids is 1. The highest BCUT2D eigenvalue weighted by Crippen LogP contribution is 2.12. The average molecular weight is 270 g/mol. The highest BCUT2D eigenvalue weighted by atomic mass is 16.2. The van der Waals surface area contributed by atoms with Crippen LogP contribution in [0.4, 0.5) is 0 Å². The van der Waals surface area contributed by atoms with Crippen LogP contribution in [-0.4, -0.2) is 22.8 Å². The SMILES string of the molecule is CN(Cc1ccncc1)Cc1ccccc1C(=O)NN. The summed E-state index contributed by atoms with van der Waals surface area (Å²) in [6, 6.07) is 11.4. The Kier molecular flexibility index (Phi) is 4.81. The number of amides is 1. The summed E-state index contributed by atoms with van der Waals surface area (Å²) in [6.07, 6.45) is 3.55. The number of pyridine rings is 1. The molecule has 0 aliphatic rings. The zero-order valence-corrected chi connectivity index (χ0v) is 11.4. The number of benzene rings is 1. The molecule has 0 atom stereocenters. The second-order valence-electron chi connectivity index (χ2n) is 4.66. The fourth-order valence-corrected chi connectivity index (χ4v) is 2.10. The van der Waals surface area contributed by atoms with E-state index in [4.69, 9.17) is 5.84 Å². The molecule has 0 fully saturated rings. The number of carbonyl (C=O) groups is 1. The van der Waals surface area contributed by atoms with Gasteiger partial charge in [-0.1, -0.05) is 18.2 Å². The molecular formula is C15H18N4O. The van der Waals surface area contributed by atoms with Gasteiger partial charge in [-0.2, -0.15) is 0 Å². The van der Waals surface area contributed by atoms with Crippen LogP contribution < -0.4 is 11.3 Å². The second-order valence-corrected chi connectivity index (χ2v) is 4.66. The zero-order chi connectivity index (χ0) is 14.4. The molecule has 0 spiro atoms. The van der Waals surface area contributed by atoms with E-state index in [9.17, 15) is 4.79 Å². The fraction of sp³-hybridized carbons (Fsp3) is 0.200. The second kappa shape index (κ2) is 6.79. The van der Waals surface area contributed by atoms with Crippen molar-refractivity contribution in [3.8, 4) is 0 Å². The monoisotopic (exact) mass is 270 g/mol. The molecule has 20 heavy (non-hydrogen) atoms. The molecule has 0 radical (unpaired) electrons. The molecule has 0 saturated carbocycles. The Morgan fingerprint density at radius 1 is 1.20 bits per heavy atom. The number of nitrogens with zero attached hydrogens (tertiary/aromatic N) is 2. The van der Waals surface area contributed by atoms with Crippen LogP contribution in [0.2, 0.25) is 0 Å². The number of rotatable bonds is 5. The van der Waals surface area contributed by atoms with E-state index >= 15 is 0 Å². The smallest absolute Gasteiger partial charge is 0.265 e. The predicted molar refractivity (Wildman–Crippen MR) is 77.5 cm³/mol. The molecule has 2 rings (SSSR count). The number of nitrogens with one attached hydrogen (secondary N) is 1. The summed E-state index contributed by atoms with van der Waals surface area (Å²) in [6.45, 7) is 1.47. The van der Waals surface area contributed by atoms with Gasteiger partial charge in [0.15, 0.2) is 0 Å². The Hall–Kier alpha value is -2.24. The van der Waals surface area contributed by atoms with E-state index in [0.717, 1.165) is 12.1 Å². The number of nitrogen functional groups attached to an aromatic ring is 1. The molecule has 5 nitrogen and oxygen atoms in total. The molecule has 5 heteroatoms. The largest absolute Gasteiger partial charge is 0.298 e. The maximum Gasteiger partial charge on any atom is 0.265 e. The third kappa shape index (κ3) is 3.63. The van der Waals surface area contributed by atoms with Gasteiger partial charge in [0.2, 0.25) is 0 Å². The molecule has 1 aromatic carbocycles. The van der Waals surface area contributed by atoms with E-state index in [1.54, 1.807) is 18.5 Å². The van der Waals surface area contributed by atoms with Gasteiger partial charge in [-0.15, -0.1) is 0 Å². The number of nitrogens with two attached hydrogens (primary N) is 1. The Bertz CT molecular complexity index is 571. The first-order chi connectivity index (χ1) is 9.70. The van der Waals surface area contributed by atoms with Crippen LogP contribution in [0, 0.1) is 0 Å². The topological polar surface area (TPSA) is 71.2 Å². The lowest BCUT2D eigenvalue weighted by molar-refractivity contribution is 0.0952. The van der Waals surface area contributed by atoms with E-state index in [-0.39, 0.29) is 5.91 Å². The van der Waals surface area contributed by atoms with Crippen LogP contribution in [-0.2, 0) is 13.1 Å². The van der Waals surface area contributed by atoms with Gasteiger partial charge in [-0.3, -0.25) is 20.1 Å². The first-order valence-corrected chi connectivity index (χ1v) is 6.37. The van der Waals surface area contributed by atoms with Crippen molar-refractivity contribution in [3.63, 3.8) is 0 Å². The molecule has 1 amide bonds. The third-order valence-corrected chi connectivity index (χ3v) is 3.04. The van der Waals surface area contributed by atoms with Crippen molar-refractivity contribution < 1.29 is 4.79 Å². The third-order valence-electron chi connectivity index (χ3n) is 3.04. The van der Waals surface area contributed by atoms with E-state index in [1.807, 2.05) is 37.4 Å². The first kappa shape index (κ1) is 14.2. The minimum absolute atomic E-state index is 0.266. The molecule has 0 aliphatic carbocycles. The van der Waals surface area contributed by atoms with Crippen LogP contribution in [0.25, 0.3) is 0 Å². The highest BCUT2D eigenvalue weighted by molar-refractivity contribution is 5.95. The van der Waals surface area contributed by atoms with Crippen LogP contribution in [0.5, 0.6) is 0 Å². The number of aromatic nitrogens is 1. The fourth-order valence-electron chi connectivity index (χ4n) is 2.10. The first-order valence-electron chi connectivity index (χ1n) is 6.37. The van der Waals surface area contributed by atoms with Gasteiger partial charge in [-0.05, 0) is 36.4 Å². The molecule has 1 heterocycles. The Balaban J connectivity index is 2.08. The highest BCUT2D eigenvalue weighted by Gasteiger charge is 2.11. The Morgan fingerprint density at radius 2 is 1.90 bits per heavy atom. The molecule has 1 aromatic heterocycles. The quantitative estimate of drug-likeness (QED) is 0.488. The summed E-state index contributed by atoms with van der Waals surface area (Å²) >= 11 is 0. The van der Waals surface area contributed by atoms with Crippen molar-refractivity contribution in [1.29, 1.82) is 0 Å². The van der Waals surface area contributed by atoms with Crippen molar-refractivity contribution in [2.45, 2.75) is 13.1 Å². The van der Waals surface area contributed by atoms with Gasteiger partial charge in [0.25, 0.3) is 5.91 Å². The molecule has 104 valence electrons. The normalized spacial score (nSPS) is 10.6. The van der Waals surface area contributed by atoms with Crippen LogP contribution in [0.1, 0.15) is 21.5 Å². The molecule has 3 N–H and O–H groups in total. The molecule has 0 saturated heterocycles. The minimum atomic E-state index is -0.266. The number of hydrogen-bond acceptors (Lipinski definition) is 4. The maximum atomic E-state index is 11.7. The van der Waals surface area contributed by atoms with Crippen molar-refractivity contribution in [1.82, 2.24) is 15.3 Å². The van der Waals surface area contributed by atoms with Gasteiger partial charge in [0.05, 0.1) is 0 Å². The van der Waals surface area contributed by atoms with Gasteiger partial charge in [0.1, 0.15) is 0 Å². The van der Waals surface area contributed by atoms with Crippen molar-refractivity contribution in [3.05, 3.63) is 65.5 Å². The average Bonchev–Trinajstić information content (AvgIpc) is 2.48. The summed E-state index contributed by atoms with van der Waals surface area (Å²) in [5.74, 6) is 4.94. The van der Waals surface area contributed by atoms with E-state index in [0.29, 0.717) is 12.1 Å². The predicted octanol–water partition coefficient (Wildman–Crippen LogP) is 1.32. The van der Waals surface area contributed by atoms with Crippen molar-refractivity contribution in [2.24, 2.45) is 5.84 Å². The van der Waals surface area contributed by atoms with Crippen molar-refractivity contribution >= 4 is 5.91 Å². The Morgan fingerprint density at radius 3 is 2.60 bits per heavy atom. The van der Waals surface area contributed by atoms with Crippen LogP contribution in [0.3, 0.4) is 0 Å². The van der Waals surface area contributed by atoms with Crippen LogP contribution in [0.15, 0.2) is 48.8 Å². The number of hydrogen-bond donors (Lipinski definition) is 2. The zero-order valence-electron chi connectivity index (χ0n) is 11.4. The maximum absolute atomic E-state index is 11.7. The van der Waals surface area contributed by atoms with Gasteiger partial charge in [0, 0.05) is 31.0 Å². The lowest BCUT2D eigenvalue weighted by Gasteiger charge is -2.18. The molecular weight excluding hydrogens is 252 g/mol. The van der Waals surface area contributed by atoms with Crippen LogP contribution >= 0.6 is 0 Å². The van der Waals surface area contributed by atoms with E-state index in [1.165, 1.54) is 5.56 Å². The van der Waals surface area contributed by atoms with Gasteiger partial charge >= 0.3 is 0 Å². The summed E-state index contributed by atoms with van der Waals surface area (Å²) in [7, 11) is 2.01. The summed E-state index contributed by atoms with van der Waals surface area (Å²) < 4.78 is 0. The molecule has 0 aliphatic heterocycles. The molecule has 0 bridgehead atoms. The standard InChI is InChI=1S/C15H18N4O/c1-19(10-12-6-8-17-9-7-12)11-13-4-2-3-5-14(13)15(20)18-16/h2-9H,10-11,16H2,1H3,(H,18,20). The van der Waals surface area contributed by atoms with Gasteiger partial charge in [-0.25, -0.2) is 5.84 Å². The van der Waals surface area contributed by atoms with E-state index in [2.05, 4.69) is 15.3 Å². The lowest BCUT2D eigenvalue weighted by Crippen LogP contribution is -2.31. The summed E-state index contributed by atoms with van der Waals surface area (Å²) in [5.41, 5.74) is 4.92. The minimum Gasteiger partial charge on any atom is -0.298 e. The summed E-state index contributed by atoms with van der Waals surface area (Å²) in [4.78, 5) is 17.8. The van der Waals surface area contributed by atoms with E-state index < -0.39 is 0 Å². The molecule has 0 unspecified atom stereocenters. The Labute approximate surface area is 118 Å². The summed E-state index contributed by atoms with van der Waals surface area (Å²) in [5, 5.41) is 0. The van der Waals surface area contributed by atoms with Crippen molar-refractivity contribution in [2.75, 3.05) is 7.05 Å². The lowest BCUT2D eigenvalue weighted by atomic mass is 10.1. The van der Waals surface area contributed by atoms with Gasteiger partial charge < -0.3 is 0 Å². The number of hydrazine groups is 1.